The van der Waals surface area contributed by atoms with E-state index in [2.05, 4.69) is 55.4 Å². The Bertz CT molecular complexity index is 1700. The van der Waals surface area contributed by atoms with Crippen LogP contribution in [-0.4, -0.2) is 73.3 Å². The monoisotopic (exact) mass is 1430 g/mol. The first-order chi connectivity index (χ1) is 49.6. The topological polar surface area (TPSA) is 80.3 Å². The van der Waals surface area contributed by atoms with Crippen LogP contribution in [0.15, 0.2) is 58.3 Å². The molecule has 0 radical (unpaired) electrons. The van der Waals surface area contributed by atoms with Gasteiger partial charge in [-0.1, -0.05) is 412 Å². The van der Waals surface area contributed by atoms with Gasteiger partial charge in [0.15, 0.2) is 0 Å². The highest BCUT2D eigenvalue weighted by atomic mass is 32.2. The summed E-state index contributed by atoms with van der Waals surface area (Å²) in [6, 6.07) is 12.6. The molecule has 0 unspecified atom stereocenters. The number of hydrogen-bond acceptors (Lipinski definition) is 5. The third-order valence-electron chi connectivity index (χ3n) is 22.3. The summed E-state index contributed by atoms with van der Waals surface area (Å²) < 4.78 is 2.97. The minimum Gasteiger partial charge on any atom is -0.545 e. The van der Waals surface area contributed by atoms with E-state index in [1.807, 2.05) is 0 Å². The Morgan fingerprint density at radius 3 is 0.485 bits per heavy atom. The van der Waals surface area contributed by atoms with Crippen LogP contribution >= 0.6 is 11.8 Å². The predicted octanol–water partition coefficient (Wildman–Crippen LogP) is 29.3. The molecule has 7 heteroatoms. The fourth-order valence-corrected chi connectivity index (χ4v) is 16.6. The second-order valence-electron chi connectivity index (χ2n) is 31.9. The number of rotatable bonds is 76. The summed E-state index contributed by atoms with van der Waals surface area (Å²) in [6.07, 6.45) is 93.5. The summed E-state index contributed by atoms with van der Waals surface area (Å²) in [5.41, 5.74) is 0.0568. The lowest BCUT2D eigenvalue weighted by Crippen LogP contribution is -2.50. The maximum atomic E-state index is 11.0. The van der Waals surface area contributed by atoms with Gasteiger partial charge in [0.1, 0.15) is 0 Å². The zero-order valence-electron chi connectivity index (χ0n) is 69.5. The van der Waals surface area contributed by atoms with Crippen LogP contribution in [0.25, 0.3) is 0 Å². The number of benzene rings is 2. The molecular weight excluding hydrogens is 1250 g/mol. The lowest BCUT2D eigenvalue weighted by molar-refractivity contribution is -0.929. The van der Waals surface area contributed by atoms with E-state index < -0.39 is 11.9 Å². The highest BCUT2D eigenvalue weighted by Crippen LogP contribution is 2.33. The van der Waals surface area contributed by atoms with Crippen LogP contribution in [0.1, 0.15) is 487 Å². The molecule has 0 aliphatic carbocycles. The van der Waals surface area contributed by atoms with Crippen LogP contribution in [0.4, 0.5) is 0 Å². The van der Waals surface area contributed by atoms with E-state index in [1.54, 1.807) is 36.4 Å². The maximum absolute atomic E-state index is 11.0. The third-order valence-corrected chi connectivity index (χ3v) is 23.5. The number of carbonyl (C=O) groups excluding carboxylic acids is 2. The quantitative estimate of drug-likeness (QED) is 0.0487. The van der Waals surface area contributed by atoms with Gasteiger partial charge in [-0.2, -0.15) is 0 Å². The van der Waals surface area contributed by atoms with Crippen molar-refractivity contribution in [2.45, 2.75) is 476 Å². The molecule has 0 amide bonds. The minimum atomic E-state index is -1.30. The summed E-state index contributed by atoms with van der Waals surface area (Å²) in [5.74, 6) is -2.59. The fourth-order valence-electron chi connectivity index (χ4n) is 15.6. The first kappa shape index (κ1) is 98.7. The van der Waals surface area contributed by atoms with Crippen molar-refractivity contribution in [1.82, 2.24) is 0 Å². The highest BCUT2D eigenvalue weighted by molar-refractivity contribution is 7.99. The predicted molar refractivity (Wildman–Crippen MR) is 446 cm³/mol. The van der Waals surface area contributed by atoms with Gasteiger partial charge >= 0.3 is 0 Å². The van der Waals surface area contributed by atoms with Crippen molar-refractivity contribution in [3.05, 3.63) is 59.7 Å². The molecule has 2 rings (SSSR count). The van der Waals surface area contributed by atoms with Gasteiger partial charge in [0.25, 0.3) is 0 Å². The van der Waals surface area contributed by atoms with Crippen LogP contribution < -0.4 is 10.2 Å². The second kappa shape index (κ2) is 77.3. The zero-order valence-corrected chi connectivity index (χ0v) is 70.3. The van der Waals surface area contributed by atoms with Crippen molar-refractivity contribution in [2.75, 3.05) is 52.4 Å². The molecule has 0 aliphatic rings. The van der Waals surface area contributed by atoms with Gasteiger partial charge in [0.05, 0.1) is 64.3 Å². The molecule has 2 aromatic rings. The molecule has 0 saturated carbocycles. The van der Waals surface area contributed by atoms with Gasteiger partial charge in [-0.25, -0.2) is 0 Å². The Morgan fingerprint density at radius 1 is 0.218 bits per heavy atom. The largest absolute Gasteiger partial charge is 0.545 e. The molecule has 0 saturated heterocycles. The number of carboxylic acids is 2. The van der Waals surface area contributed by atoms with Crippen molar-refractivity contribution in [3.8, 4) is 0 Å². The first-order valence-corrected chi connectivity index (χ1v) is 46.4. The number of aromatic carboxylic acids is 2. The van der Waals surface area contributed by atoms with Crippen LogP contribution in [0.5, 0.6) is 0 Å². The molecule has 0 aromatic heterocycles. The average Bonchev–Trinajstić information content (AvgIpc) is 0.855. The molecule has 0 heterocycles. The lowest BCUT2D eigenvalue weighted by Gasteiger charge is -2.40. The highest BCUT2D eigenvalue weighted by Gasteiger charge is 2.27. The molecule has 0 aliphatic heterocycles. The van der Waals surface area contributed by atoms with E-state index >= 15 is 0 Å². The van der Waals surface area contributed by atoms with Gasteiger partial charge in [-0.3, -0.25) is 0 Å². The van der Waals surface area contributed by atoms with Crippen LogP contribution in [0.2, 0.25) is 0 Å². The smallest absolute Gasteiger partial charge is 0.0786 e. The third kappa shape index (κ3) is 62.4. The molecular formula is C94H176N2O4S. The van der Waals surface area contributed by atoms with E-state index in [0.29, 0.717) is 9.79 Å². The zero-order chi connectivity index (χ0) is 73.7. The number of carbonyl (C=O) groups is 2. The van der Waals surface area contributed by atoms with Crippen LogP contribution in [0.3, 0.4) is 0 Å². The Morgan fingerprint density at radius 2 is 0.347 bits per heavy atom. The molecule has 0 atom stereocenters. The molecule has 6 nitrogen and oxygen atoms in total. The summed E-state index contributed by atoms with van der Waals surface area (Å²) in [6.45, 7) is 30.6. The van der Waals surface area contributed by atoms with E-state index in [9.17, 15) is 19.8 Å². The second-order valence-corrected chi connectivity index (χ2v) is 33.0. The summed E-state index contributed by atoms with van der Waals surface area (Å²) in [4.78, 5) is 22.8. The van der Waals surface area contributed by atoms with Gasteiger partial charge in [-0.15, -0.1) is 0 Å². The molecule has 0 bridgehead atoms. The van der Waals surface area contributed by atoms with Crippen LogP contribution in [0, 0.1) is 0 Å². The van der Waals surface area contributed by atoms with Crippen molar-refractivity contribution < 1.29 is 28.8 Å². The molecule has 0 spiro atoms. The van der Waals surface area contributed by atoms with Gasteiger partial charge < -0.3 is 28.8 Å². The number of quaternary nitrogens is 2. The van der Waals surface area contributed by atoms with Gasteiger partial charge in [-0.05, 0) is 115 Å². The Kier molecular flexibility index (Phi) is 75.5. The SMILES string of the molecule is CCCCCCCCCC[N+](CCCCCCCCCC)(CCCCCCCCCC)CCCCCCCCCC.CCCCCCCCCC[N+](CCCCCCCCCC)(CCCCCCCCCC)CCCCCCCCCC.O=C([O-])c1ccccc1Sc1ccccc1C(=O)[O-]. The van der Waals surface area contributed by atoms with Gasteiger partial charge in [0, 0.05) is 20.9 Å². The standard InChI is InChI=1S/2C40H84N.C14H10O4S/c2*1-5-9-13-17-21-25-29-33-37-41(38-34-30-26-22-18-14-10-6-2,39-35-31-27-23-19-15-11-7-3)40-36-32-28-24-20-16-12-8-4;15-13(16)9-5-1-3-7-11(9)19-12-8-4-2-6-10(12)14(17)18/h2*5-40H2,1-4H3;1-8H,(H,15,16)(H,17,18)/q2*+1;/p-2. The Balaban J connectivity index is 0.00000158. The number of nitrogens with zero attached hydrogens (tertiary/aromatic N) is 2. The maximum Gasteiger partial charge on any atom is 0.0786 e. The van der Waals surface area contributed by atoms with E-state index in [1.165, 1.54) is 484 Å². The number of carboxylic acid groups (broad SMARTS) is 2. The number of hydrogen-bond donors (Lipinski definition) is 0. The summed E-state index contributed by atoms with van der Waals surface area (Å²) in [7, 11) is 0. The molecule has 592 valence electrons. The first-order valence-electron chi connectivity index (χ1n) is 45.6. The van der Waals surface area contributed by atoms with Crippen molar-refractivity contribution in [3.63, 3.8) is 0 Å². The fraction of sp³-hybridized carbons (Fsp3) is 0.851. The molecule has 0 fully saturated rings. The minimum absolute atomic E-state index is 0.0284. The van der Waals surface area contributed by atoms with Crippen molar-refractivity contribution in [1.29, 1.82) is 0 Å². The summed E-state index contributed by atoms with van der Waals surface area (Å²) in [5, 5.41) is 22.0. The number of unbranched alkanes of at least 4 members (excludes halogenated alkanes) is 56. The Labute approximate surface area is 636 Å². The van der Waals surface area contributed by atoms with E-state index in [0.717, 1.165) is 11.8 Å². The van der Waals surface area contributed by atoms with Crippen LogP contribution in [-0.2, 0) is 0 Å². The van der Waals surface area contributed by atoms with Crippen molar-refractivity contribution >= 4 is 23.7 Å². The van der Waals surface area contributed by atoms with E-state index in [-0.39, 0.29) is 11.1 Å². The van der Waals surface area contributed by atoms with E-state index in [4.69, 9.17) is 0 Å². The van der Waals surface area contributed by atoms with Gasteiger partial charge in [0.2, 0.25) is 0 Å². The van der Waals surface area contributed by atoms with Crippen molar-refractivity contribution in [2.24, 2.45) is 0 Å². The molecule has 2 aromatic carbocycles. The lowest BCUT2D eigenvalue weighted by atomic mass is 10.0. The normalized spacial score (nSPS) is 11.6. The molecule has 101 heavy (non-hydrogen) atoms. The summed E-state index contributed by atoms with van der Waals surface area (Å²) >= 11 is 1.06. The Hall–Kier alpha value is -2.35. The average molecular weight is 1430 g/mol. The molecule has 0 N–H and O–H groups in total.